The van der Waals surface area contributed by atoms with Crippen molar-refractivity contribution < 1.29 is 39.9 Å². The average molecular weight is 383 g/mol. The summed E-state index contributed by atoms with van der Waals surface area (Å²) in [6.07, 6.45) is -7.52. The van der Waals surface area contributed by atoms with Crippen LogP contribution in [0.5, 0.6) is 0 Å². The van der Waals surface area contributed by atoms with Crippen LogP contribution in [-0.4, -0.2) is 80.6 Å². The fourth-order valence-electron chi connectivity index (χ4n) is 3.17. The number of benzene rings is 1. The van der Waals surface area contributed by atoms with Crippen LogP contribution in [0.3, 0.4) is 0 Å². The lowest BCUT2D eigenvalue weighted by molar-refractivity contribution is -0.211. The summed E-state index contributed by atoms with van der Waals surface area (Å²) in [4.78, 5) is 23.7. The van der Waals surface area contributed by atoms with Crippen molar-refractivity contribution in [3.05, 3.63) is 35.9 Å². The van der Waals surface area contributed by atoms with Crippen LogP contribution in [0.25, 0.3) is 0 Å². The van der Waals surface area contributed by atoms with Crippen molar-refractivity contribution in [2.75, 3.05) is 6.61 Å². The highest BCUT2D eigenvalue weighted by molar-refractivity contribution is 5.79. The SMILES string of the molecule is CC1[C@@H](O)[C@@H](NC(=O)Cc2ccccc2)C([C@H](O)[C@H](O)CO)O[C@H]1C(=O)O. The molecule has 2 unspecified atom stereocenters. The van der Waals surface area contributed by atoms with E-state index in [1.54, 1.807) is 30.3 Å². The highest BCUT2D eigenvalue weighted by Crippen LogP contribution is 2.29. The molecule has 1 heterocycles. The Hall–Kier alpha value is -2.04. The van der Waals surface area contributed by atoms with Gasteiger partial charge in [0, 0.05) is 5.92 Å². The summed E-state index contributed by atoms with van der Waals surface area (Å²) >= 11 is 0. The number of hydrogen-bond acceptors (Lipinski definition) is 7. The molecule has 9 nitrogen and oxygen atoms in total. The summed E-state index contributed by atoms with van der Waals surface area (Å²) in [6, 6.07) is 7.67. The molecule has 1 aliphatic rings. The van der Waals surface area contributed by atoms with E-state index in [9.17, 15) is 30.0 Å². The van der Waals surface area contributed by atoms with Crippen molar-refractivity contribution in [3.63, 3.8) is 0 Å². The molecule has 0 bridgehead atoms. The summed E-state index contributed by atoms with van der Waals surface area (Å²) in [5.74, 6) is -2.68. The van der Waals surface area contributed by atoms with Gasteiger partial charge in [-0.3, -0.25) is 4.79 Å². The lowest BCUT2D eigenvalue weighted by Gasteiger charge is -2.44. The topological polar surface area (TPSA) is 157 Å². The second-order valence-corrected chi connectivity index (χ2v) is 6.71. The maximum absolute atomic E-state index is 12.4. The van der Waals surface area contributed by atoms with E-state index < -0.39 is 61.0 Å². The molecule has 27 heavy (non-hydrogen) atoms. The monoisotopic (exact) mass is 383 g/mol. The zero-order chi connectivity index (χ0) is 20.1. The molecule has 1 aliphatic heterocycles. The minimum Gasteiger partial charge on any atom is -0.479 e. The van der Waals surface area contributed by atoms with Gasteiger partial charge in [0.2, 0.25) is 5.91 Å². The minimum atomic E-state index is -1.71. The molecule has 1 saturated heterocycles. The van der Waals surface area contributed by atoms with E-state index in [2.05, 4.69) is 5.32 Å². The number of carboxylic acids is 1. The molecule has 1 aromatic carbocycles. The lowest BCUT2D eigenvalue weighted by Crippen LogP contribution is -2.66. The summed E-state index contributed by atoms with van der Waals surface area (Å²) in [7, 11) is 0. The first kappa shape index (κ1) is 21.3. The Labute approximate surface area is 156 Å². The first-order valence-electron chi connectivity index (χ1n) is 8.62. The van der Waals surface area contributed by atoms with Crippen molar-refractivity contribution in [3.8, 4) is 0 Å². The summed E-state index contributed by atoms with van der Waals surface area (Å²) < 4.78 is 5.38. The van der Waals surface area contributed by atoms with Gasteiger partial charge < -0.3 is 35.6 Å². The molecule has 0 spiro atoms. The molecule has 7 atom stereocenters. The van der Waals surface area contributed by atoms with Gasteiger partial charge >= 0.3 is 5.97 Å². The Morgan fingerprint density at radius 2 is 1.85 bits per heavy atom. The number of carbonyl (C=O) groups excluding carboxylic acids is 1. The third kappa shape index (κ3) is 5.02. The predicted octanol–water partition coefficient (Wildman–Crippen LogP) is -1.72. The van der Waals surface area contributed by atoms with Crippen LogP contribution in [0.2, 0.25) is 0 Å². The van der Waals surface area contributed by atoms with Crippen molar-refractivity contribution in [2.24, 2.45) is 5.92 Å². The highest BCUT2D eigenvalue weighted by atomic mass is 16.5. The molecule has 150 valence electrons. The van der Waals surface area contributed by atoms with Crippen LogP contribution < -0.4 is 5.32 Å². The normalized spacial score (nSPS) is 30.3. The molecular formula is C18H25NO8. The van der Waals surface area contributed by atoms with Crippen LogP contribution in [-0.2, 0) is 20.7 Å². The first-order chi connectivity index (χ1) is 12.8. The third-order valence-electron chi connectivity index (χ3n) is 4.74. The van der Waals surface area contributed by atoms with Gasteiger partial charge in [-0.25, -0.2) is 4.79 Å². The summed E-state index contributed by atoms with van der Waals surface area (Å²) in [5, 5.41) is 51.4. The van der Waals surface area contributed by atoms with Crippen molar-refractivity contribution >= 4 is 11.9 Å². The molecule has 2 rings (SSSR count). The zero-order valence-electron chi connectivity index (χ0n) is 14.8. The Morgan fingerprint density at radius 1 is 1.22 bits per heavy atom. The number of aliphatic hydroxyl groups excluding tert-OH is 4. The van der Waals surface area contributed by atoms with Crippen LogP contribution in [0.15, 0.2) is 30.3 Å². The molecule has 1 fully saturated rings. The lowest BCUT2D eigenvalue weighted by atomic mass is 9.83. The summed E-state index contributed by atoms with van der Waals surface area (Å²) in [5.41, 5.74) is 0.727. The number of hydrogen-bond donors (Lipinski definition) is 6. The fraction of sp³-hybridized carbons (Fsp3) is 0.556. The van der Waals surface area contributed by atoms with Crippen LogP contribution in [0, 0.1) is 5.92 Å². The van der Waals surface area contributed by atoms with E-state index in [0.717, 1.165) is 5.56 Å². The van der Waals surface area contributed by atoms with Gasteiger partial charge in [0.15, 0.2) is 6.10 Å². The van der Waals surface area contributed by atoms with Gasteiger partial charge in [-0.1, -0.05) is 37.3 Å². The second-order valence-electron chi connectivity index (χ2n) is 6.71. The zero-order valence-corrected chi connectivity index (χ0v) is 14.8. The predicted molar refractivity (Wildman–Crippen MR) is 92.6 cm³/mol. The molecule has 0 saturated carbocycles. The molecule has 6 N–H and O–H groups in total. The van der Waals surface area contributed by atoms with Crippen LogP contribution >= 0.6 is 0 Å². The van der Waals surface area contributed by atoms with Crippen LogP contribution in [0.1, 0.15) is 12.5 Å². The Balaban J connectivity index is 2.20. The van der Waals surface area contributed by atoms with Gasteiger partial charge in [-0.15, -0.1) is 0 Å². The quantitative estimate of drug-likeness (QED) is 0.325. The molecule has 1 amide bonds. The molecular weight excluding hydrogens is 358 g/mol. The van der Waals surface area contributed by atoms with Gasteiger partial charge in [0.1, 0.15) is 18.3 Å². The number of aliphatic carboxylic acids is 1. The van der Waals surface area contributed by atoms with E-state index in [-0.39, 0.29) is 6.42 Å². The minimum absolute atomic E-state index is 0.00612. The number of rotatable bonds is 7. The van der Waals surface area contributed by atoms with Crippen molar-refractivity contribution in [1.29, 1.82) is 0 Å². The van der Waals surface area contributed by atoms with E-state index >= 15 is 0 Å². The van der Waals surface area contributed by atoms with Gasteiger partial charge in [-0.2, -0.15) is 0 Å². The van der Waals surface area contributed by atoms with Gasteiger partial charge in [0.05, 0.1) is 25.2 Å². The van der Waals surface area contributed by atoms with Crippen molar-refractivity contribution in [1.82, 2.24) is 5.32 Å². The number of carboxylic acid groups (broad SMARTS) is 1. The Kier molecular flexibility index (Phi) is 7.28. The number of amides is 1. The maximum Gasteiger partial charge on any atom is 0.333 e. The largest absolute Gasteiger partial charge is 0.479 e. The highest BCUT2D eigenvalue weighted by Gasteiger charge is 2.50. The fourth-order valence-corrected chi connectivity index (χ4v) is 3.17. The van der Waals surface area contributed by atoms with E-state index in [1.807, 2.05) is 0 Å². The molecule has 1 aromatic rings. The van der Waals surface area contributed by atoms with E-state index in [1.165, 1.54) is 6.92 Å². The standard InChI is InChI=1S/C18H25NO8/c1-9-14(23)13(19-12(22)7-10-5-3-2-4-6-10)17(15(24)11(21)8-20)27-16(9)18(25)26/h2-6,9,11,13-17,20-21,23-24H,7-8H2,1H3,(H,19,22)(H,25,26)/t9?,11-,13-,14-,15-,16-,17?/m1/s1. The van der Waals surface area contributed by atoms with Crippen LogP contribution in [0.4, 0.5) is 0 Å². The molecule has 0 aliphatic carbocycles. The summed E-state index contributed by atoms with van der Waals surface area (Å²) in [6.45, 7) is 0.653. The Morgan fingerprint density at radius 3 is 2.41 bits per heavy atom. The van der Waals surface area contributed by atoms with E-state index in [0.29, 0.717) is 0 Å². The number of carbonyl (C=O) groups is 2. The first-order valence-corrected chi connectivity index (χ1v) is 8.62. The number of ether oxygens (including phenoxy) is 1. The Bertz CT molecular complexity index is 640. The molecule has 0 radical (unpaired) electrons. The van der Waals surface area contributed by atoms with Gasteiger partial charge in [-0.05, 0) is 5.56 Å². The van der Waals surface area contributed by atoms with E-state index in [4.69, 9.17) is 9.84 Å². The average Bonchev–Trinajstić information content (AvgIpc) is 2.65. The maximum atomic E-state index is 12.4. The molecule has 9 heteroatoms. The number of nitrogens with one attached hydrogen (secondary N) is 1. The van der Waals surface area contributed by atoms with Gasteiger partial charge in [0.25, 0.3) is 0 Å². The second kappa shape index (κ2) is 9.25. The van der Waals surface area contributed by atoms with Crippen molar-refractivity contribution in [2.45, 2.75) is 49.9 Å². The smallest absolute Gasteiger partial charge is 0.333 e. The third-order valence-corrected chi connectivity index (χ3v) is 4.74. The molecule has 0 aromatic heterocycles. The number of aliphatic hydroxyl groups is 4.